The summed E-state index contributed by atoms with van der Waals surface area (Å²) in [7, 11) is 0. The van der Waals surface area contributed by atoms with Crippen molar-refractivity contribution >= 4 is 0 Å². The third kappa shape index (κ3) is 3.30. The Morgan fingerprint density at radius 3 is 2.78 bits per heavy atom. The van der Waals surface area contributed by atoms with Crippen LogP contribution in [0.15, 0.2) is 40.2 Å². The maximum Gasteiger partial charge on any atom is 0.326 e. The van der Waals surface area contributed by atoms with Gasteiger partial charge in [-0.05, 0) is 6.07 Å². The normalized spacial score (nSPS) is 9.28. The lowest BCUT2D eigenvalue weighted by molar-refractivity contribution is -0.689. The Hall–Kier alpha value is -2.39. The first kappa shape index (κ1) is 13.7. The van der Waals surface area contributed by atoms with Gasteiger partial charge < -0.3 is 17.4 Å². The summed E-state index contributed by atoms with van der Waals surface area (Å²) in [5, 5.41) is 8.74. The van der Waals surface area contributed by atoms with Gasteiger partial charge in [0.05, 0.1) is 5.69 Å². The van der Waals surface area contributed by atoms with Crippen molar-refractivity contribution in [2.24, 2.45) is 0 Å². The van der Waals surface area contributed by atoms with Crippen LogP contribution in [0.2, 0.25) is 0 Å². The van der Waals surface area contributed by atoms with E-state index in [0.717, 1.165) is 0 Å². The van der Waals surface area contributed by atoms with Crippen molar-refractivity contribution in [3.63, 3.8) is 0 Å². The summed E-state index contributed by atoms with van der Waals surface area (Å²) in [6.45, 7) is 0.328. The van der Waals surface area contributed by atoms with Crippen LogP contribution in [-0.2, 0) is 6.54 Å². The van der Waals surface area contributed by atoms with Gasteiger partial charge in [-0.3, -0.25) is 9.78 Å². The van der Waals surface area contributed by atoms with E-state index in [2.05, 4.69) is 9.97 Å². The third-order valence-electron chi connectivity index (χ3n) is 2.16. The molecule has 2 aromatic heterocycles. The number of H-pyrrole nitrogens is 2. The Labute approximate surface area is 108 Å². The SMILES string of the molecule is N#Cc1ccc[n+](Cc2cc(=O)[nH]c(=O)[nH]2)c1.[Cl-]. The van der Waals surface area contributed by atoms with Gasteiger partial charge >= 0.3 is 5.69 Å². The zero-order valence-corrected chi connectivity index (χ0v) is 9.94. The van der Waals surface area contributed by atoms with Gasteiger partial charge in [0.1, 0.15) is 11.6 Å². The fourth-order valence-electron chi connectivity index (χ4n) is 1.49. The van der Waals surface area contributed by atoms with Crippen LogP contribution in [0.5, 0.6) is 0 Å². The lowest BCUT2D eigenvalue weighted by atomic mass is 10.3. The molecule has 0 fully saturated rings. The molecular formula is C11H9ClN4O2. The number of halogens is 1. The predicted octanol–water partition coefficient (Wildman–Crippen LogP) is -3.73. The van der Waals surface area contributed by atoms with Gasteiger partial charge in [-0.1, -0.05) is 0 Å². The number of nitriles is 1. The van der Waals surface area contributed by atoms with Crippen molar-refractivity contribution in [2.75, 3.05) is 0 Å². The average molecular weight is 265 g/mol. The number of hydrogen-bond donors (Lipinski definition) is 2. The predicted molar refractivity (Wildman–Crippen MR) is 58.1 cm³/mol. The molecule has 0 radical (unpaired) electrons. The Morgan fingerprint density at radius 1 is 1.33 bits per heavy atom. The maximum atomic E-state index is 11.1. The lowest BCUT2D eigenvalue weighted by Crippen LogP contribution is -3.00. The first-order valence-electron chi connectivity index (χ1n) is 4.89. The molecule has 0 aliphatic carbocycles. The van der Waals surface area contributed by atoms with Crippen LogP contribution < -0.4 is 28.2 Å². The first-order chi connectivity index (χ1) is 8.17. The Balaban J connectivity index is 0.00000162. The summed E-state index contributed by atoms with van der Waals surface area (Å²) >= 11 is 0. The summed E-state index contributed by atoms with van der Waals surface area (Å²) < 4.78 is 1.71. The zero-order chi connectivity index (χ0) is 12.3. The standard InChI is InChI=1S/C11H8N4O2.ClH/c12-5-8-2-1-3-15(6-8)7-9-4-10(16)14-11(17)13-9;/h1-4,6H,7H2,(H-,13,14,16,17);1H. The summed E-state index contributed by atoms with van der Waals surface area (Å²) in [6.07, 6.45) is 3.39. The average Bonchev–Trinajstić information content (AvgIpc) is 2.28. The third-order valence-corrected chi connectivity index (χ3v) is 2.16. The highest BCUT2D eigenvalue weighted by Crippen LogP contribution is 1.92. The number of pyridine rings is 1. The molecule has 0 atom stereocenters. The molecular weight excluding hydrogens is 256 g/mol. The lowest BCUT2D eigenvalue weighted by Gasteiger charge is -1.96. The van der Waals surface area contributed by atoms with E-state index in [-0.39, 0.29) is 12.4 Å². The quantitative estimate of drug-likeness (QED) is 0.546. The monoisotopic (exact) mass is 264 g/mol. The van der Waals surface area contributed by atoms with Crippen LogP contribution >= 0.6 is 0 Å². The molecule has 0 unspecified atom stereocenters. The molecule has 0 amide bonds. The highest BCUT2D eigenvalue weighted by Gasteiger charge is 2.05. The van der Waals surface area contributed by atoms with Gasteiger partial charge in [0.25, 0.3) is 5.56 Å². The van der Waals surface area contributed by atoms with Gasteiger partial charge in [-0.2, -0.15) is 9.83 Å². The zero-order valence-electron chi connectivity index (χ0n) is 9.18. The number of nitrogens with one attached hydrogen (secondary N) is 2. The summed E-state index contributed by atoms with van der Waals surface area (Å²) in [5.41, 5.74) is 0.0175. The molecule has 18 heavy (non-hydrogen) atoms. The van der Waals surface area contributed by atoms with Gasteiger partial charge in [0, 0.05) is 12.1 Å². The number of nitrogens with zero attached hydrogens (tertiary/aromatic N) is 2. The van der Waals surface area contributed by atoms with Crippen molar-refractivity contribution in [1.29, 1.82) is 5.26 Å². The molecule has 2 rings (SSSR count). The Morgan fingerprint density at radius 2 is 2.11 bits per heavy atom. The highest BCUT2D eigenvalue weighted by molar-refractivity contribution is 5.21. The molecule has 0 saturated carbocycles. The van der Waals surface area contributed by atoms with Gasteiger partial charge in [0.2, 0.25) is 0 Å². The van der Waals surface area contributed by atoms with Gasteiger partial charge in [-0.25, -0.2) is 4.79 Å². The molecule has 2 aromatic rings. The van der Waals surface area contributed by atoms with Crippen LogP contribution in [-0.4, -0.2) is 9.97 Å². The largest absolute Gasteiger partial charge is 1.00 e. The molecule has 0 aromatic carbocycles. The summed E-state index contributed by atoms with van der Waals surface area (Å²) in [5.74, 6) is 0. The molecule has 0 aliphatic heterocycles. The van der Waals surface area contributed by atoms with Crippen molar-refractivity contribution in [3.05, 3.63) is 62.7 Å². The second kappa shape index (κ2) is 5.80. The van der Waals surface area contributed by atoms with Crippen LogP contribution in [0.4, 0.5) is 0 Å². The number of rotatable bonds is 2. The van der Waals surface area contributed by atoms with E-state index >= 15 is 0 Å². The number of aromatic amines is 2. The molecule has 92 valence electrons. The van der Waals surface area contributed by atoms with Gasteiger partial charge in [-0.15, -0.1) is 0 Å². The summed E-state index contributed by atoms with van der Waals surface area (Å²) in [4.78, 5) is 26.7. The Bertz CT molecular complexity index is 671. The van der Waals surface area contributed by atoms with E-state index in [9.17, 15) is 9.59 Å². The summed E-state index contributed by atoms with van der Waals surface area (Å²) in [6, 6.07) is 6.73. The first-order valence-corrected chi connectivity index (χ1v) is 4.89. The molecule has 7 heteroatoms. The molecule has 0 spiro atoms. The highest BCUT2D eigenvalue weighted by atomic mass is 35.5. The second-order valence-electron chi connectivity index (χ2n) is 3.49. The van der Waals surface area contributed by atoms with E-state index in [0.29, 0.717) is 17.8 Å². The van der Waals surface area contributed by atoms with Crippen LogP contribution in [0.25, 0.3) is 0 Å². The smallest absolute Gasteiger partial charge is 0.326 e. The van der Waals surface area contributed by atoms with Crippen molar-refractivity contribution in [1.82, 2.24) is 9.97 Å². The van der Waals surface area contributed by atoms with Crippen molar-refractivity contribution in [3.8, 4) is 6.07 Å². The van der Waals surface area contributed by atoms with E-state index in [1.54, 1.807) is 29.1 Å². The minimum Gasteiger partial charge on any atom is -1.00 e. The van der Waals surface area contributed by atoms with Crippen LogP contribution in [0, 0.1) is 11.3 Å². The Kier molecular flexibility index (Phi) is 4.40. The molecule has 2 heterocycles. The van der Waals surface area contributed by atoms with E-state index < -0.39 is 11.2 Å². The molecule has 2 N–H and O–H groups in total. The van der Waals surface area contributed by atoms with Crippen LogP contribution in [0.1, 0.15) is 11.3 Å². The molecule has 0 aliphatic rings. The molecule has 0 saturated heterocycles. The number of aromatic nitrogens is 3. The number of hydrogen-bond acceptors (Lipinski definition) is 3. The van der Waals surface area contributed by atoms with Gasteiger partial charge in [0.15, 0.2) is 18.9 Å². The fraction of sp³-hybridized carbons (Fsp3) is 0.0909. The topological polar surface area (TPSA) is 93.4 Å². The fourth-order valence-corrected chi connectivity index (χ4v) is 1.49. The molecule has 6 nitrogen and oxygen atoms in total. The second-order valence-corrected chi connectivity index (χ2v) is 3.49. The van der Waals surface area contributed by atoms with E-state index in [4.69, 9.17) is 5.26 Å². The minimum absolute atomic E-state index is 0. The van der Waals surface area contributed by atoms with E-state index in [1.165, 1.54) is 6.07 Å². The van der Waals surface area contributed by atoms with Crippen molar-refractivity contribution in [2.45, 2.75) is 6.54 Å². The maximum absolute atomic E-state index is 11.1. The van der Waals surface area contributed by atoms with Crippen molar-refractivity contribution < 1.29 is 17.0 Å². The molecule has 0 bridgehead atoms. The van der Waals surface area contributed by atoms with Crippen LogP contribution in [0.3, 0.4) is 0 Å². The minimum atomic E-state index is -0.537. The van der Waals surface area contributed by atoms with E-state index in [1.807, 2.05) is 6.07 Å².